The van der Waals surface area contributed by atoms with Gasteiger partial charge in [0, 0.05) is 36.8 Å². The van der Waals surface area contributed by atoms with Crippen LogP contribution in [0.4, 0.5) is 5.69 Å². The van der Waals surface area contributed by atoms with Crippen LogP contribution in [0.15, 0.2) is 48.8 Å². The molecule has 1 aliphatic rings. The second kappa shape index (κ2) is 13.3. The standard InChI is InChI=1S/C28H35N7O6/c1-18-12-35(19(2)16-36)27(38)11-22-10-23(30-26(37)15-34-17-29-31-32-34)8-9-24(22)41-25(18)14-33(3)13-20-4-6-21(7-5-20)28(39)40/h4-10,17-19,25,36H,11-16H2,1-3H3,(H,30,37)(H,39,40)/t18-,19+,25+/m0/s1. The van der Waals surface area contributed by atoms with E-state index in [0.717, 1.165) is 5.56 Å². The van der Waals surface area contributed by atoms with E-state index < -0.39 is 5.97 Å². The van der Waals surface area contributed by atoms with Gasteiger partial charge in [0.25, 0.3) is 0 Å². The Morgan fingerprint density at radius 1 is 1.22 bits per heavy atom. The van der Waals surface area contributed by atoms with Gasteiger partial charge in [0.1, 0.15) is 24.7 Å². The van der Waals surface area contributed by atoms with E-state index in [1.165, 1.54) is 11.0 Å². The largest absolute Gasteiger partial charge is 0.488 e. The average Bonchev–Trinajstić information content (AvgIpc) is 3.45. The lowest BCUT2D eigenvalue weighted by Crippen LogP contribution is -2.47. The Hall–Kier alpha value is -4.36. The van der Waals surface area contributed by atoms with Crippen molar-refractivity contribution in [3.8, 4) is 5.75 Å². The highest BCUT2D eigenvalue weighted by atomic mass is 16.5. The lowest BCUT2D eigenvalue weighted by molar-refractivity contribution is -0.134. The van der Waals surface area contributed by atoms with Crippen LogP contribution in [-0.4, -0.2) is 96.9 Å². The Morgan fingerprint density at radius 2 is 1.98 bits per heavy atom. The number of rotatable bonds is 10. The Labute approximate surface area is 237 Å². The van der Waals surface area contributed by atoms with E-state index in [-0.39, 0.29) is 55.0 Å². The minimum atomic E-state index is -0.970. The minimum Gasteiger partial charge on any atom is -0.488 e. The maximum Gasteiger partial charge on any atom is 0.335 e. The van der Waals surface area contributed by atoms with Crippen LogP contribution in [0.5, 0.6) is 5.75 Å². The van der Waals surface area contributed by atoms with E-state index >= 15 is 0 Å². The molecule has 2 amide bonds. The van der Waals surface area contributed by atoms with Crippen LogP contribution >= 0.6 is 0 Å². The van der Waals surface area contributed by atoms with Gasteiger partial charge in [-0.2, -0.15) is 0 Å². The van der Waals surface area contributed by atoms with Crippen molar-refractivity contribution in [3.63, 3.8) is 0 Å². The molecule has 0 radical (unpaired) electrons. The molecule has 41 heavy (non-hydrogen) atoms. The highest BCUT2D eigenvalue weighted by Gasteiger charge is 2.31. The summed E-state index contributed by atoms with van der Waals surface area (Å²) in [5.74, 6) is -0.971. The van der Waals surface area contributed by atoms with Crippen LogP contribution < -0.4 is 10.1 Å². The molecule has 3 atom stereocenters. The summed E-state index contributed by atoms with van der Waals surface area (Å²) in [5.41, 5.74) is 2.32. The van der Waals surface area contributed by atoms with Crippen LogP contribution in [0.1, 0.15) is 35.3 Å². The Morgan fingerprint density at radius 3 is 2.63 bits per heavy atom. The zero-order valence-electron chi connectivity index (χ0n) is 23.3. The minimum absolute atomic E-state index is 0.0432. The molecule has 13 heteroatoms. The number of hydrogen-bond acceptors (Lipinski definition) is 9. The Balaban J connectivity index is 1.55. The molecule has 0 fully saturated rings. The molecule has 0 spiro atoms. The first-order valence-electron chi connectivity index (χ1n) is 13.3. The van der Waals surface area contributed by atoms with Gasteiger partial charge in [-0.15, -0.1) is 5.10 Å². The molecule has 2 aromatic carbocycles. The summed E-state index contributed by atoms with van der Waals surface area (Å²) in [6.45, 7) is 5.09. The lowest BCUT2D eigenvalue weighted by Gasteiger charge is -2.34. The van der Waals surface area contributed by atoms with Gasteiger partial charge in [-0.1, -0.05) is 19.1 Å². The number of anilines is 1. The number of benzene rings is 2. The first-order chi connectivity index (χ1) is 19.6. The van der Waals surface area contributed by atoms with E-state index in [4.69, 9.17) is 9.84 Å². The van der Waals surface area contributed by atoms with Gasteiger partial charge in [-0.25, -0.2) is 9.48 Å². The second-order valence-corrected chi connectivity index (χ2v) is 10.5. The predicted octanol–water partition coefficient (Wildman–Crippen LogP) is 1.29. The van der Waals surface area contributed by atoms with Gasteiger partial charge in [0.15, 0.2) is 0 Å². The summed E-state index contributed by atoms with van der Waals surface area (Å²) < 4.78 is 7.84. The molecule has 0 aliphatic carbocycles. The van der Waals surface area contributed by atoms with Crippen LogP contribution in [-0.2, 0) is 29.1 Å². The molecular formula is C28H35N7O6. The van der Waals surface area contributed by atoms with Crippen molar-refractivity contribution in [3.05, 3.63) is 65.5 Å². The quantitative estimate of drug-likeness (QED) is 0.326. The maximum atomic E-state index is 13.4. The average molecular weight is 566 g/mol. The van der Waals surface area contributed by atoms with Crippen molar-refractivity contribution in [2.75, 3.05) is 32.1 Å². The van der Waals surface area contributed by atoms with Gasteiger partial charge >= 0.3 is 5.97 Å². The van der Waals surface area contributed by atoms with Gasteiger partial charge in [0.05, 0.1) is 24.6 Å². The van der Waals surface area contributed by atoms with Crippen LogP contribution in [0, 0.1) is 5.92 Å². The first kappa shape index (κ1) is 29.6. The third-order valence-electron chi connectivity index (χ3n) is 7.04. The molecule has 4 rings (SSSR count). The van der Waals surface area contributed by atoms with Gasteiger partial charge in [-0.3, -0.25) is 14.5 Å². The van der Waals surface area contributed by atoms with Gasteiger partial charge in [0.2, 0.25) is 11.8 Å². The third kappa shape index (κ3) is 7.86. The summed E-state index contributed by atoms with van der Waals surface area (Å²) in [6, 6.07) is 11.6. The number of amides is 2. The molecule has 218 valence electrons. The van der Waals surface area contributed by atoms with Crippen LogP contribution in [0.2, 0.25) is 0 Å². The Kier molecular flexibility index (Phi) is 9.63. The van der Waals surface area contributed by atoms with Crippen molar-refractivity contribution in [2.24, 2.45) is 5.92 Å². The highest BCUT2D eigenvalue weighted by molar-refractivity contribution is 5.91. The second-order valence-electron chi connectivity index (χ2n) is 10.5. The number of hydrogen-bond donors (Lipinski definition) is 3. The molecule has 1 aliphatic heterocycles. The molecule has 3 aromatic rings. The van der Waals surface area contributed by atoms with Crippen molar-refractivity contribution in [2.45, 2.75) is 45.5 Å². The molecule has 0 unspecified atom stereocenters. The summed E-state index contributed by atoms with van der Waals surface area (Å²) in [7, 11) is 1.96. The number of ether oxygens (including phenoxy) is 1. The number of carbonyl (C=O) groups is 3. The number of carbonyl (C=O) groups excluding carboxylic acids is 2. The number of tetrazole rings is 1. The number of aliphatic hydroxyl groups is 1. The fourth-order valence-electron chi connectivity index (χ4n) is 4.76. The predicted molar refractivity (Wildman–Crippen MR) is 148 cm³/mol. The molecular weight excluding hydrogens is 530 g/mol. The number of aliphatic hydroxyl groups excluding tert-OH is 1. The monoisotopic (exact) mass is 565 g/mol. The third-order valence-corrected chi connectivity index (χ3v) is 7.04. The highest BCUT2D eigenvalue weighted by Crippen LogP contribution is 2.29. The number of carboxylic acids is 1. The van der Waals surface area contributed by atoms with Crippen LogP contribution in [0.3, 0.4) is 0 Å². The molecule has 0 saturated carbocycles. The van der Waals surface area contributed by atoms with Crippen molar-refractivity contribution < 1.29 is 29.3 Å². The molecule has 0 bridgehead atoms. The van der Waals surface area contributed by atoms with Crippen molar-refractivity contribution in [1.29, 1.82) is 0 Å². The molecule has 3 N–H and O–H groups in total. The molecule has 2 heterocycles. The zero-order chi connectivity index (χ0) is 29.5. The number of fused-ring (bicyclic) bond motifs is 1. The van der Waals surface area contributed by atoms with Gasteiger partial charge < -0.3 is 25.2 Å². The number of likely N-dealkylation sites (N-methyl/N-ethyl adjacent to an activating group) is 1. The molecule has 1 aromatic heterocycles. The van der Waals surface area contributed by atoms with E-state index in [0.29, 0.717) is 36.6 Å². The van der Waals surface area contributed by atoms with Gasteiger partial charge in [-0.05, 0) is 60.3 Å². The molecule has 13 nitrogen and oxygen atoms in total. The molecule has 0 saturated heterocycles. The maximum absolute atomic E-state index is 13.4. The summed E-state index contributed by atoms with van der Waals surface area (Å²) in [6.07, 6.45) is 1.08. The SMILES string of the molecule is C[C@H](CO)N1C[C@H](C)[C@@H](CN(C)Cc2ccc(C(=O)O)cc2)Oc2ccc(NC(=O)Cn3cnnn3)cc2CC1=O. The number of nitrogens with one attached hydrogen (secondary N) is 1. The topological polar surface area (TPSA) is 163 Å². The van der Waals surface area contributed by atoms with E-state index in [1.807, 2.05) is 20.9 Å². The summed E-state index contributed by atoms with van der Waals surface area (Å²) >= 11 is 0. The normalized spacial score (nSPS) is 18.1. The van der Waals surface area contributed by atoms with Crippen molar-refractivity contribution in [1.82, 2.24) is 30.0 Å². The van der Waals surface area contributed by atoms with E-state index in [1.54, 1.807) is 47.4 Å². The lowest BCUT2D eigenvalue weighted by atomic mass is 10.0. The summed E-state index contributed by atoms with van der Waals surface area (Å²) in [5, 5.41) is 32.6. The fourth-order valence-corrected chi connectivity index (χ4v) is 4.76. The zero-order valence-corrected chi connectivity index (χ0v) is 23.3. The smallest absolute Gasteiger partial charge is 0.335 e. The van der Waals surface area contributed by atoms with E-state index in [2.05, 4.69) is 25.7 Å². The fraction of sp³-hybridized carbons (Fsp3) is 0.429. The number of aromatic nitrogens is 4. The first-order valence-corrected chi connectivity index (χ1v) is 13.3. The van der Waals surface area contributed by atoms with Crippen molar-refractivity contribution >= 4 is 23.5 Å². The number of carboxylic acid groups (broad SMARTS) is 1. The number of aromatic carboxylic acids is 1. The van der Waals surface area contributed by atoms with E-state index in [9.17, 15) is 19.5 Å². The van der Waals surface area contributed by atoms with Crippen LogP contribution in [0.25, 0.3) is 0 Å². The summed E-state index contributed by atoms with van der Waals surface area (Å²) in [4.78, 5) is 40.9. The Bertz CT molecular complexity index is 1350. The number of nitrogens with zero attached hydrogens (tertiary/aromatic N) is 6.